The van der Waals surface area contributed by atoms with E-state index in [1.54, 1.807) is 22.0 Å². The van der Waals surface area contributed by atoms with Crippen molar-refractivity contribution in [3.05, 3.63) is 35.1 Å². The zero-order valence-electron chi connectivity index (χ0n) is 11.9. The quantitative estimate of drug-likeness (QED) is 0.829. The number of nitrogens with one attached hydrogen (secondary N) is 1. The van der Waals surface area contributed by atoms with Crippen LogP contribution in [0.4, 0.5) is 13.2 Å². The standard InChI is InChI=1S/C13H12ClF3N4OS/c1-8-2-3-9(4-10(8)14)21-7-19-20-12(21)23-5-11(22)18-6-13(15,16)17/h2-4,7H,5-6H2,1H3,(H,18,22). The smallest absolute Gasteiger partial charge is 0.346 e. The molecule has 0 spiro atoms. The highest BCUT2D eigenvalue weighted by molar-refractivity contribution is 7.99. The molecule has 124 valence electrons. The van der Waals surface area contributed by atoms with Gasteiger partial charge in [-0.3, -0.25) is 9.36 Å². The molecule has 0 aliphatic carbocycles. The predicted molar refractivity (Wildman–Crippen MR) is 80.9 cm³/mol. The van der Waals surface area contributed by atoms with E-state index in [4.69, 9.17) is 11.6 Å². The monoisotopic (exact) mass is 364 g/mol. The summed E-state index contributed by atoms with van der Waals surface area (Å²) in [4.78, 5) is 11.4. The van der Waals surface area contributed by atoms with Gasteiger partial charge in [0.25, 0.3) is 0 Å². The third-order valence-corrected chi connectivity index (χ3v) is 4.12. The summed E-state index contributed by atoms with van der Waals surface area (Å²) in [6.07, 6.45) is -2.99. The number of halogens is 4. The molecule has 0 saturated heterocycles. The van der Waals surface area contributed by atoms with Crippen molar-refractivity contribution in [3.63, 3.8) is 0 Å². The molecule has 1 heterocycles. The molecular formula is C13H12ClF3N4OS. The molecule has 0 atom stereocenters. The van der Waals surface area contributed by atoms with Crippen LogP contribution in [0.15, 0.2) is 29.7 Å². The number of hydrogen-bond acceptors (Lipinski definition) is 4. The Morgan fingerprint density at radius 1 is 1.43 bits per heavy atom. The molecule has 2 rings (SSSR count). The number of nitrogens with zero attached hydrogens (tertiary/aromatic N) is 3. The van der Waals surface area contributed by atoms with Crippen molar-refractivity contribution >= 4 is 29.3 Å². The number of amides is 1. The summed E-state index contributed by atoms with van der Waals surface area (Å²) in [6, 6.07) is 5.34. The Kier molecular flexibility index (Phi) is 5.53. The maximum Gasteiger partial charge on any atom is 0.405 e. The minimum atomic E-state index is -4.43. The summed E-state index contributed by atoms with van der Waals surface area (Å²) in [5.74, 6) is -0.933. The first kappa shape index (κ1) is 17.6. The number of hydrogen-bond donors (Lipinski definition) is 1. The van der Waals surface area contributed by atoms with Crippen molar-refractivity contribution in [2.45, 2.75) is 18.3 Å². The highest BCUT2D eigenvalue weighted by atomic mass is 35.5. The molecule has 0 bridgehead atoms. The highest BCUT2D eigenvalue weighted by Gasteiger charge is 2.27. The molecule has 1 aromatic carbocycles. The number of aromatic nitrogens is 3. The van der Waals surface area contributed by atoms with Crippen LogP contribution in [-0.4, -0.2) is 39.1 Å². The zero-order valence-corrected chi connectivity index (χ0v) is 13.5. The van der Waals surface area contributed by atoms with Gasteiger partial charge in [-0.15, -0.1) is 10.2 Å². The summed E-state index contributed by atoms with van der Waals surface area (Å²) < 4.78 is 37.7. The average molecular weight is 365 g/mol. The first-order valence-corrected chi connectivity index (χ1v) is 7.75. The van der Waals surface area contributed by atoms with Crippen molar-refractivity contribution in [2.75, 3.05) is 12.3 Å². The number of thioether (sulfide) groups is 1. The highest BCUT2D eigenvalue weighted by Crippen LogP contribution is 2.23. The Bertz CT molecular complexity index is 705. The Morgan fingerprint density at radius 3 is 2.83 bits per heavy atom. The van der Waals surface area contributed by atoms with Crippen LogP contribution in [0.2, 0.25) is 5.02 Å². The van der Waals surface area contributed by atoms with E-state index in [0.717, 1.165) is 17.3 Å². The lowest BCUT2D eigenvalue weighted by Crippen LogP contribution is -2.34. The summed E-state index contributed by atoms with van der Waals surface area (Å²) in [5, 5.41) is 10.4. The Labute approximate surface area is 139 Å². The van der Waals surface area contributed by atoms with E-state index in [1.807, 2.05) is 13.0 Å². The topological polar surface area (TPSA) is 59.8 Å². The average Bonchev–Trinajstić information content (AvgIpc) is 2.93. The number of carbonyl (C=O) groups is 1. The van der Waals surface area contributed by atoms with Crippen LogP contribution in [0.5, 0.6) is 0 Å². The van der Waals surface area contributed by atoms with Crippen LogP contribution in [0.1, 0.15) is 5.56 Å². The number of rotatable bonds is 5. The third kappa shape index (κ3) is 5.14. The van der Waals surface area contributed by atoms with Crippen LogP contribution in [0.3, 0.4) is 0 Å². The van der Waals surface area contributed by atoms with Gasteiger partial charge in [0.1, 0.15) is 12.9 Å². The van der Waals surface area contributed by atoms with E-state index in [9.17, 15) is 18.0 Å². The van der Waals surface area contributed by atoms with E-state index in [2.05, 4.69) is 10.2 Å². The maximum atomic E-state index is 12.0. The lowest BCUT2D eigenvalue weighted by Gasteiger charge is -2.09. The largest absolute Gasteiger partial charge is 0.405 e. The molecule has 1 N–H and O–H groups in total. The molecule has 0 saturated carbocycles. The molecule has 0 aliphatic rings. The van der Waals surface area contributed by atoms with Gasteiger partial charge >= 0.3 is 6.18 Å². The van der Waals surface area contributed by atoms with E-state index in [1.165, 1.54) is 6.33 Å². The van der Waals surface area contributed by atoms with Crippen LogP contribution < -0.4 is 5.32 Å². The Morgan fingerprint density at radius 2 is 2.17 bits per heavy atom. The van der Waals surface area contributed by atoms with E-state index < -0.39 is 18.6 Å². The number of benzene rings is 1. The van der Waals surface area contributed by atoms with Gasteiger partial charge in [0.15, 0.2) is 5.16 Å². The summed E-state index contributed by atoms with van der Waals surface area (Å²) in [6.45, 7) is 0.506. The van der Waals surface area contributed by atoms with Crippen LogP contribution in [0, 0.1) is 6.92 Å². The lowest BCUT2D eigenvalue weighted by atomic mass is 10.2. The van der Waals surface area contributed by atoms with Gasteiger partial charge in [0, 0.05) is 5.02 Å². The molecule has 0 aliphatic heterocycles. The molecule has 2 aromatic rings. The Hall–Kier alpha value is -1.74. The summed E-state index contributed by atoms with van der Waals surface area (Å²) in [5.41, 5.74) is 1.60. The zero-order chi connectivity index (χ0) is 17.0. The first-order valence-electron chi connectivity index (χ1n) is 6.39. The Balaban J connectivity index is 2.01. The lowest BCUT2D eigenvalue weighted by molar-refractivity contribution is -0.136. The second-order valence-corrected chi connectivity index (χ2v) is 5.95. The fraction of sp³-hybridized carbons (Fsp3) is 0.308. The van der Waals surface area contributed by atoms with Crippen LogP contribution in [0.25, 0.3) is 5.69 Å². The van der Waals surface area contributed by atoms with Gasteiger partial charge < -0.3 is 5.32 Å². The van der Waals surface area contributed by atoms with Gasteiger partial charge in [-0.05, 0) is 24.6 Å². The fourth-order valence-electron chi connectivity index (χ4n) is 1.61. The van der Waals surface area contributed by atoms with Crippen LogP contribution >= 0.6 is 23.4 Å². The molecule has 5 nitrogen and oxygen atoms in total. The van der Waals surface area contributed by atoms with E-state index in [0.29, 0.717) is 15.9 Å². The minimum Gasteiger partial charge on any atom is -0.346 e. The van der Waals surface area contributed by atoms with Crippen molar-refractivity contribution in [2.24, 2.45) is 0 Å². The molecular weight excluding hydrogens is 353 g/mol. The van der Waals surface area contributed by atoms with Crippen molar-refractivity contribution in [3.8, 4) is 5.69 Å². The maximum absolute atomic E-state index is 12.0. The summed E-state index contributed by atoms with van der Waals surface area (Å²) >= 11 is 7.05. The van der Waals surface area contributed by atoms with Crippen molar-refractivity contribution in [1.82, 2.24) is 20.1 Å². The predicted octanol–water partition coefficient (Wildman–Crippen LogP) is 3.00. The first-order chi connectivity index (χ1) is 10.8. The minimum absolute atomic E-state index is 0.200. The normalized spacial score (nSPS) is 11.5. The van der Waals surface area contributed by atoms with Crippen molar-refractivity contribution in [1.29, 1.82) is 0 Å². The SMILES string of the molecule is Cc1ccc(-n2cnnc2SCC(=O)NCC(F)(F)F)cc1Cl. The molecule has 0 fully saturated rings. The number of alkyl halides is 3. The number of carbonyl (C=O) groups excluding carboxylic acids is 1. The fourth-order valence-corrected chi connectivity index (χ4v) is 2.55. The van der Waals surface area contributed by atoms with E-state index in [-0.39, 0.29) is 5.75 Å². The van der Waals surface area contributed by atoms with Gasteiger partial charge in [0.05, 0.1) is 11.4 Å². The molecule has 10 heteroatoms. The van der Waals surface area contributed by atoms with Crippen molar-refractivity contribution < 1.29 is 18.0 Å². The van der Waals surface area contributed by atoms with Gasteiger partial charge in [-0.25, -0.2) is 0 Å². The van der Waals surface area contributed by atoms with Gasteiger partial charge in [-0.1, -0.05) is 29.4 Å². The second kappa shape index (κ2) is 7.22. The van der Waals surface area contributed by atoms with Gasteiger partial charge in [-0.2, -0.15) is 13.2 Å². The molecule has 0 radical (unpaired) electrons. The van der Waals surface area contributed by atoms with E-state index >= 15 is 0 Å². The van der Waals surface area contributed by atoms with Crippen LogP contribution in [-0.2, 0) is 4.79 Å². The molecule has 1 amide bonds. The second-order valence-electron chi connectivity index (χ2n) is 4.60. The number of aryl methyl sites for hydroxylation is 1. The molecule has 23 heavy (non-hydrogen) atoms. The molecule has 1 aromatic heterocycles. The molecule has 0 unspecified atom stereocenters. The van der Waals surface area contributed by atoms with Gasteiger partial charge in [0.2, 0.25) is 5.91 Å². The summed E-state index contributed by atoms with van der Waals surface area (Å²) in [7, 11) is 0. The third-order valence-electron chi connectivity index (χ3n) is 2.77.